The number of aromatic hydroxyl groups is 3. The molecule has 13 rings (SSSR count). The van der Waals surface area contributed by atoms with Gasteiger partial charge in [-0.05, 0) is 121 Å². The van der Waals surface area contributed by atoms with Crippen molar-refractivity contribution in [3.63, 3.8) is 0 Å². The smallest absolute Gasteiger partial charge is 0.326 e. The number of phenols is 3. The van der Waals surface area contributed by atoms with E-state index in [0.717, 1.165) is 48.5 Å². The van der Waals surface area contributed by atoms with E-state index in [1.54, 1.807) is 6.92 Å². The van der Waals surface area contributed by atoms with Crippen LogP contribution in [0.3, 0.4) is 0 Å². The van der Waals surface area contributed by atoms with E-state index in [0.29, 0.717) is 0 Å². The number of nitrogens with two attached hydrogens (primary N) is 2. The first-order valence-corrected chi connectivity index (χ1v) is 35.9. The predicted molar refractivity (Wildman–Crippen MR) is 380 cm³/mol. The number of carbonyl (C=O) groups is 8. The average Bonchev–Trinajstić information content (AvgIpc) is 1.00. The van der Waals surface area contributed by atoms with Crippen LogP contribution in [0.4, 0.5) is 0 Å². The number of carboxylic acid groups (broad SMARTS) is 1. The Morgan fingerprint density at radius 3 is 2.00 bits per heavy atom. The van der Waals surface area contributed by atoms with Crippen LogP contribution in [0.1, 0.15) is 119 Å². The number of aliphatic hydroxyl groups is 8. The minimum Gasteiger partial charge on any atom is -0.508 e. The summed E-state index contributed by atoms with van der Waals surface area (Å²) in [5, 5.41) is 151. The third kappa shape index (κ3) is 17.4. The van der Waals surface area contributed by atoms with Gasteiger partial charge in [0.25, 0.3) is 0 Å². The summed E-state index contributed by atoms with van der Waals surface area (Å²) in [7, 11) is 0. The van der Waals surface area contributed by atoms with Gasteiger partial charge in [-0.1, -0.05) is 63.6 Å². The average molecular weight is 1560 g/mol. The normalized spacial score (nSPS) is 32.3. The maximum atomic E-state index is 16.4. The summed E-state index contributed by atoms with van der Waals surface area (Å²) in [4.78, 5) is 119. The van der Waals surface area contributed by atoms with Crippen molar-refractivity contribution in [1.82, 2.24) is 31.9 Å². The fourth-order valence-electron chi connectivity index (χ4n) is 14.5. The third-order valence-electron chi connectivity index (χ3n) is 20.4. The van der Waals surface area contributed by atoms with Crippen LogP contribution in [-0.2, 0) is 63.7 Å². The summed E-state index contributed by atoms with van der Waals surface area (Å²) in [5.41, 5.74) is 9.06. The molecule has 1 aliphatic carbocycles. The van der Waals surface area contributed by atoms with Crippen molar-refractivity contribution in [3.8, 4) is 57.1 Å². The summed E-state index contributed by atoms with van der Waals surface area (Å²) in [6.07, 6.45) is -26.2. The summed E-state index contributed by atoms with van der Waals surface area (Å²) in [5.74, 6) is -16.6. The lowest BCUT2D eigenvalue weighted by atomic mass is 9.81. The van der Waals surface area contributed by atoms with E-state index >= 15 is 19.2 Å². The molecule has 110 heavy (non-hydrogen) atoms. The molecule has 2 saturated heterocycles. The van der Waals surface area contributed by atoms with Crippen LogP contribution in [-0.4, -0.2) is 219 Å². The predicted octanol–water partition coefficient (Wildman–Crippen LogP) is -0.114. The lowest BCUT2D eigenvalue weighted by Gasteiger charge is -2.46. The summed E-state index contributed by atoms with van der Waals surface area (Å²) >= 11 is 7.11. The first-order chi connectivity index (χ1) is 51.9. The van der Waals surface area contributed by atoms with E-state index in [-0.39, 0.29) is 75.1 Å². The highest BCUT2D eigenvalue weighted by Gasteiger charge is 2.52. The molecule has 7 heterocycles. The number of halogens is 1. The number of benzene rings is 5. The molecule has 1 saturated carbocycles. The zero-order chi connectivity index (χ0) is 80.0. The minimum absolute atomic E-state index is 0.0368. The Balaban J connectivity index is 1.18. The Kier molecular flexibility index (Phi) is 24.5. The first kappa shape index (κ1) is 81.4. The standard InChI is InChI=1S/C74H89ClN8O27/c1-27(2)15-29(4)66(96)82-54-57(90)33-10-14-44(39(75)19-33)106-47-22-35-21-46(63(47)110-73-64(61(94)59(92)48(26-84)108-73)107-45-16-28(3)56(89)60(93)58(45)91)105-37-11-7-31(8-12-37)62(109-50-25-74(6,77)65(95)30(5)104-50)55-71(101)79-41(72(102)103)20-34-17-36(85)23-43(87)51(34)38-18-32(9-13-42(38)86)52(68(98)83-55)81-69(99)53(35)80-67(97)40(24-49(76)88)78-70(54)100/h7-14,17-19,21-23,27-30,40-41,45,48,50,52-62,64-65,73,84-87,89-95H,15-16,20,24-26,77H2,1-6H3,(H2,76,88)(H,78,100)(H,79,101)(H,80,97)(H,81,99)(H,82,96)(H,83,98)(H,102,103). The molecule has 11 bridgehead atoms. The number of phenolic OH excluding ortho intramolecular Hbond substituents is 3. The Hall–Kier alpha value is -9.57. The van der Waals surface area contributed by atoms with Gasteiger partial charge >= 0.3 is 5.97 Å². The molecular formula is C74H89ClN8O27. The molecule has 7 amide bonds. The molecule has 8 aliphatic rings. The monoisotopic (exact) mass is 1560 g/mol. The van der Waals surface area contributed by atoms with E-state index in [2.05, 4.69) is 31.9 Å². The molecule has 0 aromatic heterocycles. The second-order valence-corrected chi connectivity index (χ2v) is 29.8. The van der Waals surface area contributed by atoms with Crippen molar-refractivity contribution in [3.05, 3.63) is 118 Å². The number of primary amides is 1. The van der Waals surface area contributed by atoms with Crippen molar-refractivity contribution < 1.29 is 133 Å². The summed E-state index contributed by atoms with van der Waals surface area (Å²) < 4.78 is 45.5. The zero-order valence-electron chi connectivity index (χ0n) is 60.1. The quantitative estimate of drug-likeness (QED) is 0.0689. The number of ether oxygens (including phenoxy) is 7. The number of hydrogen-bond donors (Lipinski definition) is 20. The van der Waals surface area contributed by atoms with Gasteiger partial charge in [0.2, 0.25) is 53.4 Å². The number of carboxylic acids is 1. The molecular weight excluding hydrogens is 1470 g/mol. The van der Waals surface area contributed by atoms with Crippen LogP contribution in [0.5, 0.6) is 46.0 Å². The van der Waals surface area contributed by atoms with Gasteiger partial charge in [-0.15, -0.1) is 0 Å². The van der Waals surface area contributed by atoms with Crippen molar-refractivity contribution in [1.29, 1.82) is 0 Å². The highest BCUT2D eigenvalue weighted by atomic mass is 35.5. The Morgan fingerprint density at radius 1 is 0.691 bits per heavy atom. The van der Waals surface area contributed by atoms with Crippen molar-refractivity contribution >= 4 is 58.9 Å². The molecule has 7 aliphatic heterocycles. The number of nitrogens with one attached hydrogen (secondary N) is 6. The van der Waals surface area contributed by atoms with Gasteiger partial charge in [0.15, 0.2) is 17.8 Å². The molecule has 22 N–H and O–H groups in total. The molecule has 5 aromatic carbocycles. The Labute approximate surface area is 633 Å². The number of carbonyl (C=O) groups excluding carboxylic acids is 7. The van der Waals surface area contributed by atoms with Gasteiger partial charge in [-0.25, -0.2) is 4.79 Å². The number of hydrogen-bond acceptors (Lipinski definition) is 27. The highest BCUT2D eigenvalue weighted by molar-refractivity contribution is 6.32. The number of fused-ring (bicyclic) bond motifs is 15. The second kappa shape index (κ2) is 33.2. The van der Waals surface area contributed by atoms with Crippen molar-refractivity contribution in [2.45, 2.75) is 201 Å². The molecule has 0 spiro atoms. The van der Waals surface area contributed by atoms with Crippen LogP contribution in [0, 0.1) is 17.8 Å². The zero-order valence-corrected chi connectivity index (χ0v) is 60.9. The fourth-order valence-corrected chi connectivity index (χ4v) is 14.7. The van der Waals surface area contributed by atoms with Gasteiger partial charge < -0.3 is 138 Å². The largest absolute Gasteiger partial charge is 0.508 e. The Morgan fingerprint density at radius 2 is 1.35 bits per heavy atom. The number of rotatable bonds is 14. The number of aliphatic hydroxyl groups excluding tert-OH is 8. The van der Waals surface area contributed by atoms with Crippen LogP contribution >= 0.6 is 11.6 Å². The molecule has 23 unspecified atom stereocenters. The van der Waals surface area contributed by atoms with Gasteiger partial charge in [0.05, 0.1) is 42.5 Å². The van der Waals surface area contributed by atoms with Gasteiger partial charge in [0, 0.05) is 41.5 Å². The molecule has 35 nitrogen and oxygen atoms in total. The maximum absolute atomic E-state index is 16.4. The SMILES string of the molecule is CC(C)CC(C)C(=O)NC1C(=O)NC(CC(N)=O)C(=O)NC2C(=O)NC3C(=O)NC(C(=O)NC(C(=O)O)Cc4cc(O)cc(O)c4-c4cc3ccc4O)C(OC3CC(C)(N)C(O)C(C)O3)c3ccc(cc3)Oc3cc2cc(c3OC2OC(CO)C(O)C(O)C2OC2CC(C)C(O)C(O)C2O)Oc2ccc(cc2Cl)C1O. The lowest BCUT2D eigenvalue weighted by molar-refractivity contribution is -0.307. The van der Waals surface area contributed by atoms with E-state index in [1.807, 2.05) is 13.8 Å². The van der Waals surface area contributed by atoms with Crippen molar-refractivity contribution in [2.24, 2.45) is 29.2 Å². The topological polar surface area (TPSA) is 568 Å². The maximum Gasteiger partial charge on any atom is 0.326 e. The van der Waals surface area contributed by atoms with E-state index < -0.39 is 246 Å². The van der Waals surface area contributed by atoms with Gasteiger partial charge in [-0.2, -0.15) is 0 Å². The van der Waals surface area contributed by atoms with Crippen LogP contribution in [0.2, 0.25) is 5.02 Å². The summed E-state index contributed by atoms with van der Waals surface area (Å²) in [6, 6.07) is 3.00. The molecule has 23 atom stereocenters. The van der Waals surface area contributed by atoms with Crippen molar-refractivity contribution in [2.75, 3.05) is 6.61 Å². The Bertz CT molecular complexity index is 4330. The second-order valence-electron chi connectivity index (χ2n) is 29.4. The lowest BCUT2D eigenvalue weighted by Crippen LogP contribution is -2.63. The number of amides is 7. The molecule has 5 aromatic rings. The molecule has 3 fully saturated rings. The highest BCUT2D eigenvalue weighted by Crippen LogP contribution is 2.49. The first-order valence-electron chi connectivity index (χ1n) is 35.5. The van der Waals surface area contributed by atoms with Crippen LogP contribution < -0.4 is 57.6 Å². The van der Waals surface area contributed by atoms with E-state index in [9.17, 15) is 80.5 Å². The molecule has 594 valence electrons. The molecule has 36 heteroatoms. The van der Waals surface area contributed by atoms with Gasteiger partial charge in [0.1, 0.15) is 114 Å². The molecule has 0 radical (unpaired) electrons. The van der Waals surface area contributed by atoms with Gasteiger partial charge in [-0.3, -0.25) is 33.6 Å². The van der Waals surface area contributed by atoms with Crippen LogP contribution in [0.15, 0.2) is 84.9 Å². The summed E-state index contributed by atoms with van der Waals surface area (Å²) in [6.45, 7) is 8.73. The minimum atomic E-state index is -2.36. The number of aliphatic carboxylic acids is 1. The van der Waals surface area contributed by atoms with E-state index in [1.165, 1.54) is 57.2 Å². The van der Waals surface area contributed by atoms with Crippen LogP contribution in [0.25, 0.3) is 11.1 Å². The third-order valence-corrected chi connectivity index (χ3v) is 20.7. The van der Waals surface area contributed by atoms with E-state index in [4.69, 9.17) is 56.2 Å². The fraction of sp³-hybridized carbons (Fsp3) is 0.486.